The molecule has 0 unspecified atom stereocenters. The first-order chi connectivity index (χ1) is 15.1. The minimum absolute atomic E-state index is 0.118. The van der Waals surface area contributed by atoms with Gasteiger partial charge in [-0.15, -0.1) is 0 Å². The van der Waals surface area contributed by atoms with E-state index in [1.165, 1.54) is 0 Å². The van der Waals surface area contributed by atoms with Crippen LogP contribution in [0.25, 0.3) is 0 Å². The van der Waals surface area contributed by atoms with E-state index in [9.17, 15) is 9.59 Å². The molecule has 2 N–H and O–H groups in total. The molecule has 0 saturated carbocycles. The average Bonchev–Trinajstić information content (AvgIpc) is 2.83. The second-order valence-electron chi connectivity index (χ2n) is 6.93. The quantitative estimate of drug-likeness (QED) is 0.492. The fourth-order valence-electron chi connectivity index (χ4n) is 3.01. The van der Waals surface area contributed by atoms with Crippen LogP contribution in [0.3, 0.4) is 0 Å². The Bertz CT molecular complexity index is 1110. The monoisotopic (exact) mass is 415 g/mol. The summed E-state index contributed by atoms with van der Waals surface area (Å²) in [7, 11) is 0. The SMILES string of the molecule is C/C(=N/NC(=O)[C@H]1COc2ccccc2O1)c1ccc(NC(=O)c2ccccc2)cc1. The summed E-state index contributed by atoms with van der Waals surface area (Å²) in [5, 5.41) is 7.00. The van der Waals surface area contributed by atoms with Crippen molar-refractivity contribution < 1.29 is 19.1 Å². The summed E-state index contributed by atoms with van der Waals surface area (Å²) in [6.45, 7) is 1.90. The molecule has 1 heterocycles. The number of anilines is 1. The molecule has 7 heteroatoms. The third-order valence-corrected chi connectivity index (χ3v) is 4.73. The van der Waals surface area contributed by atoms with Gasteiger partial charge in [0.1, 0.15) is 6.61 Å². The molecule has 3 aromatic carbocycles. The number of benzene rings is 3. The van der Waals surface area contributed by atoms with Gasteiger partial charge in [0.25, 0.3) is 11.8 Å². The number of hydrazone groups is 1. The summed E-state index contributed by atoms with van der Waals surface area (Å²) in [6, 6.07) is 23.4. The molecule has 156 valence electrons. The molecule has 1 aliphatic heterocycles. The highest BCUT2D eigenvalue weighted by Gasteiger charge is 2.27. The Hall–Kier alpha value is -4.13. The minimum Gasteiger partial charge on any atom is -0.485 e. The lowest BCUT2D eigenvalue weighted by atomic mass is 10.1. The fourth-order valence-corrected chi connectivity index (χ4v) is 3.01. The number of ether oxygens (including phenoxy) is 2. The number of nitrogens with zero attached hydrogens (tertiary/aromatic N) is 1. The molecule has 0 fully saturated rings. The first-order valence-electron chi connectivity index (χ1n) is 9.79. The van der Waals surface area contributed by atoms with Crippen molar-refractivity contribution in [3.63, 3.8) is 0 Å². The standard InChI is InChI=1S/C24H21N3O4/c1-16(26-27-24(29)22-15-30-20-9-5-6-10-21(20)31-22)17-11-13-19(14-12-17)25-23(28)18-7-3-2-4-8-18/h2-14,22H,15H2,1H3,(H,25,28)(H,27,29)/b26-16-/t22-/m1/s1. The van der Waals surface area contributed by atoms with Gasteiger partial charge in [-0.05, 0) is 48.9 Å². The zero-order chi connectivity index (χ0) is 21.6. The van der Waals surface area contributed by atoms with Crippen LogP contribution in [-0.2, 0) is 4.79 Å². The molecular weight excluding hydrogens is 394 g/mol. The van der Waals surface area contributed by atoms with Gasteiger partial charge in [0.15, 0.2) is 11.5 Å². The van der Waals surface area contributed by atoms with Gasteiger partial charge < -0.3 is 14.8 Å². The normalized spacial score (nSPS) is 15.1. The largest absolute Gasteiger partial charge is 0.485 e. The molecule has 2 amide bonds. The van der Waals surface area contributed by atoms with Crippen LogP contribution in [0.4, 0.5) is 5.69 Å². The number of fused-ring (bicyclic) bond motifs is 1. The van der Waals surface area contributed by atoms with E-state index in [2.05, 4.69) is 15.8 Å². The Morgan fingerprint density at radius 3 is 2.29 bits per heavy atom. The van der Waals surface area contributed by atoms with Crippen LogP contribution in [0, 0.1) is 0 Å². The maximum absolute atomic E-state index is 12.4. The van der Waals surface area contributed by atoms with Crippen LogP contribution in [0.2, 0.25) is 0 Å². The molecule has 4 rings (SSSR count). The van der Waals surface area contributed by atoms with Gasteiger partial charge >= 0.3 is 0 Å². The van der Waals surface area contributed by atoms with Gasteiger partial charge in [-0.3, -0.25) is 9.59 Å². The Kier molecular flexibility index (Phi) is 5.93. The van der Waals surface area contributed by atoms with Gasteiger partial charge in [0.05, 0.1) is 5.71 Å². The number of rotatable bonds is 5. The zero-order valence-corrected chi connectivity index (χ0v) is 16.9. The maximum Gasteiger partial charge on any atom is 0.284 e. The molecular formula is C24H21N3O4. The van der Waals surface area contributed by atoms with Crippen molar-refractivity contribution >= 4 is 23.2 Å². The van der Waals surface area contributed by atoms with E-state index in [1.54, 1.807) is 43.3 Å². The lowest BCUT2D eigenvalue weighted by Crippen LogP contribution is -2.42. The predicted octanol–water partition coefficient (Wildman–Crippen LogP) is 3.62. The number of hydrogen-bond donors (Lipinski definition) is 2. The second-order valence-corrected chi connectivity index (χ2v) is 6.93. The van der Waals surface area contributed by atoms with Crippen molar-refractivity contribution in [2.24, 2.45) is 5.10 Å². The van der Waals surface area contributed by atoms with E-state index in [1.807, 2.05) is 42.5 Å². The number of hydrogen-bond acceptors (Lipinski definition) is 5. The molecule has 1 aliphatic rings. The van der Waals surface area contributed by atoms with Gasteiger partial charge in [-0.25, -0.2) is 5.43 Å². The summed E-state index contributed by atoms with van der Waals surface area (Å²) in [4.78, 5) is 24.6. The van der Waals surface area contributed by atoms with Crippen LogP contribution in [0.15, 0.2) is 84.0 Å². The summed E-state index contributed by atoms with van der Waals surface area (Å²) in [5.74, 6) is 0.580. The summed E-state index contributed by atoms with van der Waals surface area (Å²) >= 11 is 0. The Morgan fingerprint density at radius 1 is 0.871 bits per heavy atom. The van der Waals surface area contributed by atoms with Crippen LogP contribution in [-0.4, -0.2) is 30.2 Å². The summed E-state index contributed by atoms with van der Waals surface area (Å²) < 4.78 is 11.2. The van der Waals surface area contributed by atoms with Crippen molar-refractivity contribution in [1.82, 2.24) is 5.43 Å². The van der Waals surface area contributed by atoms with Crippen molar-refractivity contribution in [3.8, 4) is 11.5 Å². The van der Waals surface area contributed by atoms with E-state index in [4.69, 9.17) is 9.47 Å². The second kappa shape index (κ2) is 9.13. The van der Waals surface area contributed by atoms with E-state index in [0.29, 0.717) is 28.5 Å². The first kappa shape index (κ1) is 20.2. The van der Waals surface area contributed by atoms with Gasteiger partial charge in [-0.1, -0.05) is 42.5 Å². The lowest BCUT2D eigenvalue weighted by Gasteiger charge is -2.24. The van der Waals surface area contributed by atoms with Crippen molar-refractivity contribution in [3.05, 3.63) is 90.0 Å². The van der Waals surface area contributed by atoms with Crippen molar-refractivity contribution in [2.45, 2.75) is 13.0 Å². The Balaban J connectivity index is 1.34. The number of carbonyl (C=O) groups is 2. The molecule has 3 aromatic rings. The minimum atomic E-state index is -0.776. The molecule has 0 spiro atoms. The van der Waals surface area contributed by atoms with Crippen molar-refractivity contribution in [1.29, 1.82) is 0 Å². The molecule has 31 heavy (non-hydrogen) atoms. The zero-order valence-electron chi connectivity index (χ0n) is 16.9. The Labute approximate surface area is 179 Å². The lowest BCUT2D eigenvalue weighted by molar-refractivity contribution is -0.130. The Morgan fingerprint density at radius 2 is 1.55 bits per heavy atom. The summed E-state index contributed by atoms with van der Waals surface area (Å²) in [5.41, 5.74) is 5.20. The smallest absolute Gasteiger partial charge is 0.284 e. The predicted molar refractivity (Wildman–Crippen MR) is 118 cm³/mol. The number of para-hydroxylation sites is 2. The molecule has 0 aliphatic carbocycles. The van der Waals surface area contributed by atoms with Crippen LogP contribution in [0.1, 0.15) is 22.8 Å². The van der Waals surface area contributed by atoms with Crippen LogP contribution < -0.4 is 20.2 Å². The van der Waals surface area contributed by atoms with Crippen LogP contribution >= 0.6 is 0 Å². The highest BCUT2D eigenvalue weighted by molar-refractivity contribution is 6.05. The van der Waals surface area contributed by atoms with Crippen molar-refractivity contribution in [2.75, 3.05) is 11.9 Å². The van der Waals surface area contributed by atoms with E-state index < -0.39 is 6.10 Å². The molecule has 1 atom stereocenters. The third kappa shape index (κ3) is 4.90. The number of carbonyl (C=O) groups excluding carboxylic acids is 2. The highest BCUT2D eigenvalue weighted by atomic mass is 16.6. The topological polar surface area (TPSA) is 89.0 Å². The molecule has 0 radical (unpaired) electrons. The molecule has 0 saturated heterocycles. The number of nitrogens with one attached hydrogen (secondary N) is 2. The van der Waals surface area contributed by atoms with Gasteiger partial charge in [-0.2, -0.15) is 5.10 Å². The molecule has 0 bridgehead atoms. The maximum atomic E-state index is 12.4. The molecule has 0 aromatic heterocycles. The number of amides is 2. The summed E-state index contributed by atoms with van der Waals surface area (Å²) in [6.07, 6.45) is -0.776. The van der Waals surface area contributed by atoms with Crippen LogP contribution in [0.5, 0.6) is 11.5 Å². The fraction of sp³-hybridized carbons (Fsp3) is 0.125. The van der Waals surface area contributed by atoms with E-state index >= 15 is 0 Å². The first-order valence-corrected chi connectivity index (χ1v) is 9.79. The third-order valence-electron chi connectivity index (χ3n) is 4.73. The molecule has 7 nitrogen and oxygen atoms in total. The van der Waals surface area contributed by atoms with Gasteiger partial charge in [0.2, 0.25) is 6.10 Å². The van der Waals surface area contributed by atoms with Gasteiger partial charge in [0, 0.05) is 11.3 Å². The average molecular weight is 415 g/mol. The highest BCUT2D eigenvalue weighted by Crippen LogP contribution is 2.30. The van der Waals surface area contributed by atoms with E-state index in [-0.39, 0.29) is 18.4 Å². The van der Waals surface area contributed by atoms with E-state index in [0.717, 1.165) is 5.56 Å².